The van der Waals surface area contributed by atoms with Gasteiger partial charge in [-0.3, -0.25) is 14.7 Å². The fraction of sp³-hybridized carbons (Fsp3) is 0.333. The Morgan fingerprint density at radius 3 is 2.71 bits per heavy atom. The van der Waals surface area contributed by atoms with E-state index in [0.29, 0.717) is 5.69 Å². The topological polar surface area (TPSA) is 92.9 Å². The Balaban J connectivity index is 1.78. The minimum Gasteiger partial charge on any atom is -0.348 e. The molecule has 6 nitrogen and oxygen atoms in total. The molecule has 1 amide bonds. The maximum absolute atomic E-state index is 12.2. The minimum atomic E-state index is -0.263. The minimum absolute atomic E-state index is 0.0936. The SMILES string of the molecule is N[C@H]1CC[C@H](NC(=O)c2cc(=O)n(-c3ccccc3)[nH]2)C1. The number of aromatic amines is 1. The van der Waals surface area contributed by atoms with Crippen molar-refractivity contribution in [3.8, 4) is 5.69 Å². The first-order chi connectivity index (χ1) is 10.1. The molecule has 1 saturated carbocycles. The zero-order chi connectivity index (χ0) is 14.8. The van der Waals surface area contributed by atoms with Gasteiger partial charge in [0.05, 0.1) is 5.69 Å². The van der Waals surface area contributed by atoms with E-state index in [-0.39, 0.29) is 29.2 Å². The van der Waals surface area contributed by atoms with Crippen molar-refractivity contribution in [1.29, 1.82) is 0 Å². The van der Waals surface area contributed by atoms with Crippen LogP contribution in [-0.4, -0.2) is 27.8 Å². The first kappa shape index (κ1) is 13.6. The van der Waals surface area contributed by atoms with E-state index in [4.69, 9.17) is 5.73 Å². The van der Waals surface area contributed by atoms with E-state index in [9.17, 15) is 9.59 Å². The number of aromatic nitrogens is 2. The van der Waals surface area contributed by atoms with E-state index in [1.54, 1.807) is 12.1 Å². The summed E-state index contributed by atoms with van der Waals surface area (Å²) in [4.78, 5) is 24.1. The number of hydrogen-bond acceptors (Lipinski definition) is 3. The maximum Gasteiger partial charge on any atom is 0.271 e. The van der Waals surface area contributed by atoms with Crippen LogP contribution in [0.25, 0.3) is 5.69 Å². The second kappa shape index (κ2) is 5.57. The molecule has 3 rings (SSSR count). The summed E-state index contributed by atoms with van der Waals surface area (Å²) < 4.78 is 1.36. The number of nitrogens with one attached hydrogen (secondary N) is 2. The van der Waals surface area contributed by atoms with Gasteiger partial charge >= 0.3 is 0 Å². The van der Waals surface area contributed by atoms with Crippen molar-refractivity contribution in [3.63, 3.8) is 0 Å². The van der Waals surface area contributed by atoms with Gasteiger partial charge in [-0.15, -0.1) is 0 Å². The lowest BCUT2D eigenvalue weighted by Gasteiger charge is -2.11. The van der Waals surface area contributed by atoms with Crippen molar-refractivity contribution in [3.05, 3.63) is 52.4 Å². The third-order valence-corrected chi connectivity index (χ3v) is 3.79. The first-order valence-electron chi connectivity index (χ1n) is 7.07. The summed E-state index contributed by atoms with van der Waals surface area (Å²) in [5.74, 6) is -0.263. The Hall–Kier alpha value is -2.34. The van der Waals surface area contributed by atoms with Gasteiger partial charge in [0.25, 0.3) is 11.5 Å². The Morgan fingerprint density at radius 2 is 2.05 bits per heavy atom. The molecule has 1 aromatic heterocycles. The molecular weight excluding hydrogens is 268 g/mol. The van der Waals surface area contributed by atoms with Gasteiger partial charge in [0.15, 0.2) is 0 Å². The molecule has 1 aliphatic rings. The molecule has 1 fully saturated rings. The Morgan fingerprint density at radius 1 is 1.29 bits per heavy atom. The molecule has 1 heterocycles. The monoisotopic (exact) mass is 286 g/mol. The van der Waals surface area contributed by atoms with Crippen molar-refractivity contribution in [1.82, 2.24) is 15.1 Å². The van der Waals surface area contributed by atoms with Crippen LogP contribution >= 0.6 is 0 Å². The van der Waals surface area contributed by atoms with Crippen molar-refractivity contribution in [2.24, 2.45) is 5.73 Å². The highest BCUT2D eigenvalue weighted by Crippen LogP contribution is 2.17. The van der Waals surface area contributed by atoms with Crippen LogP contribution in [0, 0.1) is 0 Å². The largest absolute Gasteiger partial charge is 0.348 e. The predicted octanol–water partition coefficient (Wildman–Crippen LogP) is 0.775. The average Bonchev–Trinajstić information content (AvgIpc) is 3.06. The van der Waals surface area contributed by atoms with E-state index in [1.165, 1.54) is 10.7 Å². The molecular formula is C15H18N4O2. The second-order valence-corrected chi connectivity index (χ2v) is 5.42. The molecule has 0 radical (unpaired) electrons. The van der Waals surface area contributed by atoms with Gasteiger partial charge in [0.1, 0.15) is 5.69 Å². The highest BCUT2D eigenvalue weighted by molar-refractivity contribution is 5.92. The number of nitrogens with two attached hydrogens (primary N) is 1. The lowest BCUT2D eigenvalue weighted by Crippen LogP contribution is -2.34. The fourth-order valence-electron chi connectivity index (χ4n) is 2.69. The standard InChI is InChI=1S/C15H18N4O2/c16-10-6-7-11(8-10)17-15(21)13-9-14(20)19(18-13)12-4-2-1-3-5-12/h1-5,9-11,18H,6-8,16H2,(H,17,21)/t10-,11-/m0/s1. The lowest BCUT2D eigenvalue weighted by atomic mass is 10.2. The summed E-state index contributed by atoms with van der Waals surface area (Å²) in [7, 11) is 0. The van der Waals surface area contributed by atoms with Crippen LogP contribution in [0.3, 0.4) is 0 Å². The Labute approximate surface area is 121 Å². The average molecular weight is 286 g/mol. The number of nitrogens with zero attached hydrogens (tertiary/aromatic N) is 1. The predicted molar refractivity (Wildman–Crippen MR) is 79.5 cm³/mol. The molecule has 2 aromatic rings. The molecule has 0 unspecified atom stereocenters. The molecule has 6 heteroatoms. The normalized spacial score (nSPS) is 21.4. The van der Waals surface area contributed by atoms with Gasteiger partial charge in [-0.05, 0) is 31.4 Å². The van der Waals surface area contributed by atoms with Crippen LogP contribution in [0.15, 0.2) is 41.2 Å². The molecule has 110 valence electrons. The summed E-state index contributed by atoms with van der Waals surface area (Å²) in [6, 6.07) is 10.7. The van der Waals surface area contributed by atoms with Crippen LogP contribution in [0.4, 0.5) is 0 Å². The molecule has 0 aliphatic heterocycles. The smallest absolute Gasteiger partial charge is 0.271 e. The maximum atomic E-state index is 12.2. The van der Waals surface area contributed by atoms with E-state index in [0.717, 1.165) is 19.3 Å². The van der Waals surface area contributed by atoms with Crippen LogP contribution in [0.2, 0.25) is 0 Å². The van der Waals surface area contributed by atoms with Gasteiger partial charge in [-0.25, -0.2) is 4.68 Å². The summed E-state index contributed by atoms with van der Waals surface area (Å²) in [5, 5.41) is 5.76. The van der Waals surface area contributed by atoms with Gasteiger partial charge in [0, 0.05) is 18.2 Å². The van der Waals surface area contributed by atoms with Crippen LogP contribution in [0.1, 0.15) is 29.8 Å². The molecule has 1 aromatic carbocycles. The molecule has 0 spiro atoms. The number of H-pyrrole nitrogens is 1. The van der Waals surface area contributed by atoms with Crippen molar-refractivity contribution in [2.45, 2.75) is 31.3 Å². The molecule has 0 saturated heterocycles. The zero-order valence-corrected chi connectivity index (χ0v) is 11.6. The molecule has 4 N–H and O–H groups in total. The summed E-state index contributed by atoms with van der Waals surface area (Å²) in [6.07, 6.45) is 2.60. The number of benzene rings is 1. The summed E-state index contributed by atoms with van der Waals surface area (Å²) in [5.41, 5.74) is 6.54. The van der Waals surface area contributed by atoms with Gasteiger partial charge in [0.2, 0.25) is 0 Å². The molecule has 2 atom stereocenters. The van der Waals surface area contributed by atoms with Gasteiger partial charge in [-0.2, -0.15) is 0 Å². The van der Waals surface area contributed by atoms with E-state index < -0.39 is 0 Å². The number of amides is 1. The fourth-order valence-corrected chi connectivity index (χ4v) is 2.69. The number of para-hydroxylation sites is 1. The van der Waals surface area contributed by atoms with Gasteiger partial charge in [-0.1, -0.05) is 18.2 Å². The van der Waals surface area contributed by atoms with E-state index in [2.05, 4.69) is 10.4 Å². The van der Waals surface area contributed by atoms with Crippen LogP contribution in [-0.2, 0) is 0 Å². The molecule has 1 aliphatic carbocycles. The Bertz CT molecular complexity index is 689. The quantitative estimate of drug-likeness (QED) is 0.778. The highest BCUT2D eigenvalue weighted by Gasteiger charge is 2.24. The van der Waals surface area contributed by atoms with Crippen molar-refractivity contribution >= 4 is 5.91 Å². The van der Waals surface area contributed by atoms with E-state index in [1.807, 2.05) is 18.2 Å². The third kappa shape index (κ3) is 2.90. The lowest BCUT2D eigenvalue weighted by molar-refractivity contribution is 0.0932. The van der Waals surface area contributed by atoms with Crippen LogP contribution < -0.4 is 16.6 Å². The number of hydrogen-bond donors (Lipinski definition) is 3. The highest BCUT2D eigenvalue weighted by atomic mass is 16.2. The van der Waals surface area contributed by atoms with Crippen molar-refractivity contribution < 1.29 is 4.79 Å². The van der Waals surface area contributed by atoms with Crippen molar-refractivity contribution in [2.75, 3.05) is 0 Å². The molecule has 21 heavy (non-hydrogen) atoms. The Kier molecular flexibility index (Phi) is 3.62. The van der Waals surface area contributed by atoms with Gasteiger partial charge < -0.3 is 11.1 Å². The zero-order valence-electron chi connectivity index (χ0n) is 11.6. The summed E-state index contributed by atoms with van der Waals surface area (Å²) in [6.45, 7) is 0. The van der Waals surface area contributed by atoms with E-state index >= 15 is 0 Å². The number of carbonyl (C=O) groups excluding carboxylic acids is 1. The van der Waals surface area contributed by atoms with Crippen LogP contribution in [0.5, 0.6) is 0 Å². The number of carbonyl (C=O) groups is 1. The number of rotatable bonds is 3. The molecule has 0 bridgehead atoms. The first-order valence-corrected chi connectivity index (χ1v) is 7.07. The summed E-state index contributed by atoms with van der Waals surface area (Å²) >= 11 is 0. The second-order valence-electron chi connectivity index (χ2n) is 5.42. The third-order valence-electron chi connectivity index (χ3n) is 3.79.